The summed E-state index contributed by atoms with van der Waals surface area (Å²) in [6.07, 6.45) is 8.40. The zero-order chi connectivity index (χ0) is 13.7. The fourth-order valence-corrected chi connectivity index (χ4v) is 6.45. The summed E-state index contributed by atoms with van der Waals surface area (Å²) in [6, 6.07) is 0.426. The first-order valence-corrected chi connectivity index (χ1v) is 8.98. The van der Waals surface area contributed by atoms with Crippen LogP contribution >= 0.6 is 11.3 Å². The second kappa shape index (κ2) is 5.08. The first-order valence-electron chi connectivity index (χ1n) is 8.10. The highest BCUT2D eigenvalue weighted by Gasteiger charge is 2.50. The van der Waals surface area contributed by atoms with Crippen molar-refractivity contribution in [2.24, 2.45) is 35.4 Å². The predicted molar refractivity (Wildman–Crippen MR) is 82.2 cm³/mol. The van der Waals surface area contributed by atoms with E-state index in [1.165, 1.54) is 37.1 Å². The van der Waals surface area contributed by atoms with Gasteiger partial charge in [-0.25, -0.2) is 4.98 Å². The van der Waals surface area contributed by atoms with E-state index in [2.05, 4.69) is 22.7 Å². The van der Waals surface area contributed by atoms with E-state index in [0.29, 0.717) is 6.04 Å². The van der Waals surface area contributed by atoms with Crippen molar-refractivity contribution in [1.29, 1.82) is 0 Å². The van der Waals surface area contributed by atoms with Crippen molar-refractivity contribution in [2.45, 2.75) is 51.5 Å². The summed E-state index contributed by atoms with van der Waals surface area (Å²) in [7, 11) is 0. The Morgan fingerprint density at radius 3 is 2.40 bits per heavy atom. The molecule has 1 atom stereocenters. The summed E-state index contributed by atoms with van der Waals surface area (Å²) in [5.41, 5.74) is 4.30. The third kappa shape index (κ3) is 2.22. The van der Waals surface area contributed by atoms with Crippen molar-refractivity contribution >= 4 is 11.3 Å². The Balaban J connectivity index is 1.52. The minimum atomic E-state index is 0.426. The number of thiazole rings is 1. The number of hydrazine groups is 1. The molecule has 1 aromatic rings. The van der Waals surface area contributed by atoms with Crippen LogP contribution in [0.3, 0.4) is 0 Å². The molecule has 0 aromatic carbocycles. The summed E-state index contributed by atoms with van der Waals surface area (Å²) in [4.78, 5) is 4.63. The van der Waals surface area contributed by atoms with E-state index >= 15 is 0 Å². The smallest absolute Gasteiger partial charge is 0.0944 e. The molecule has 4 aliphatic carbocycles. The van der Waals surface area contributed by atoms with Gasteiger partial charge in [-0.05, 0) is 68.6 Å². The highest BCUT2D eigenvalue weighted by Crippen LogP contribution is 2.57. The molecule has 5 rings (SSSR count). The molecule has 1 aromatic heterocycles. The van der Waals surface area contributed by atoms with Crippen molar-refractivity contribution in [3.8, 4) is 0 Å². The van der Waals surface area contributed by atoms with E-state index in [1.54, 1.807) is 11.3 Å². The Kier molecular flexibility index (Phi) is 3.36. The van der Waals surface area contributed by atoms with Crippen LogP contribution in [0.5, 0.6) is 0 Å². The largest absolute Gasteiger partial charge is 0.271 e. The molecule has 4 heteroatoms. The van der Waals surface area contributed by atoms with E-state index < -0.39 is 0 Å². The van der Waals surface area contributed by atoms with Crippen LogP contribution in [0.4, 0.5) is 0 Å². The molecule has 0 spiro atoms. The maximum absolute atomic E-state index is 5.93. The topological polar surface area (TPSA) is 50.9 Å². The second-order valence-electron chi connectivity index (χ2n) is 7.37. The molecule has 110 valence electrons. The number of nitrogens with two attached hydrogens (primary N) is 1. The molecule has 4 fully saturated rings. The van der Waals surface area contributed by atoms with Gasteiger partial charge in [-0.1, -0.05) is 0 Å². The summed E-state index contributed by atoms with van der Waals surface area (Å²) in [6.45, 7) is 2.08. The lowest BCUT2D eigenvalue weighted by Crippen LogP contribution is -2.55. The number of hydrogen-bond acceptors (Lipinski definition) is 4. The Labute approximate surface area is 125 Å². The molecule has 0 radical (unpaired) electrons. The molecule has 4 bridgehead atoms. The van der Waals surface area contributed by atoms with Crippen LogP contribution in [0.15, 0.2) is 5.38 Å². The number of rotatable bonds is 4. The Bertz CT molecular complexity index is 456. The molecular formula is C16H25N3S. The third-order valence-corrected chi connectivity index (χ3v) is 7.03. The van der Waals surface area contributed by atoms with Gasteiger partial charge in [-0.15, -0.1) is 11.3 Å². The number of nitrogens with one attached hydrogen (secondary N) is 1. The number of nitrogens with zero attached hydrogens (tertiary/aromatic N) is 1. The van der Waals surface area contributed by atoms with Gasteiger partial charge >= 0.3 is 0 Å². The molecule has 3 nitrogen and oxygen atoms in total. The van der Waals surface area contributed by atoms with E-state index in [-0.39, 0.29) is 0 Å². The quantitative estimate of drug-likeness (QED) is 0.662. The zero-order valence-electron chi connectivity index (χ0n) is 12.2. The number of hydrogen-bond donors (Lipinski definition) is 2. The number of aryl methyl sites for hydroxylation is 1. The van der Waals surface area contributed by atoms with Gasteiger partial charge in [-0.3, -0.25) is 11.3 Å². The lowest BCUT2D eigenvalue weighted by atomic mass is 9.50. The van der Waals surface area contributed by atoms with Crippen LogP contribution in [0.1, 0.15) is 42.8 Å². The highest BCUT2D eigenvalue weighted by molar-refractivity contribution is 7.09. The fraction of sp³-hybridized carbons (Fsp3) is 0.812. The molecule has 0 amide bonds. The molecule has 20 heavy (non-hydrogen) atoms. The lowest BCUT2D eigenvalue weighted by Gasteiger charge is -2.56. The molecular weight excluding hydrogens is 266 g/mol. The summed E-state index contributed by atoms with van der Waals surface area (Å²) in [5.74, 6) is 10.6. The van der Waals surface area contributed by atoms with Gasteiger partial charge in [0, 0.05) is 23.5 Å². The van der Waals surface area contributed by atoms with Crippen LogP contribution in [0.25, 0.3) is 0 Å². The normalized spacial score (nSPS) is 40.2. The van der Waals surface area contributed by atoms with E-state index in [0.717, 1.165) is 41.7 Å². The summed E-state index contributed by atoms with van der Waals surface area (Å²) < 4.78 is 0. The Morgan fingerprint density at radius 1 is 1.25 bits per heavy atom. The number of aromatic nitrogens is 1. The predicted octanol–water partition coefficient (Wildman–Crippen LogP) is 2.90. The van der Waals surface area contributed by atoms with Crippen LogP contribution in [0.2, 0.25) is 0 Å². The molecule has 0 saturated heterocycles. The maximum Gasteiger partial charge on any atom is 0.0944 e. The monoisotopic (exact) mass is 291 g/mol. The van der Waals surface area contributed by atoms with Gasteiger partial charge in [0.05, 0.1) is 5.01 Å². The Hall–Kier alpha value is -0.450. The van der Waals surface area contributed by atoms with Gasteiger partial charge in [0.25, 0.3) is 0 Å². The second-order valence-corrected chi connectivity index (χ2v) is 8.31. The molecule has 4 aliphatic rings. The zero-order valence-corrected chi connectivity index (χ0v) is 13.0. The minimum Gasteiger partial charge on any atom is -0.271 e. The van der Waals surface area contributed by atoms with Crippen LogP contribution in [-0.2, 0) is 6.42 Å². The first-order chi connectivity index (χ1) is 9.72. The summed E-state index contributed by atoms with van der Waals surface area (Å²) >= 11 is 1.79. The van der Waals surface area contributed by atoms with Crippen molar-refractivity contribution in [2.75, 3.05) is 0 Å². The molecule has 3 N–H and O–H groups in total. The SMILES string of the molecule is Cc1csc(CC(NN)C2C3CC4CC(C3)CC2C4)n1. The Morgan fingerprint density at radius 2 is 1.90 bits per heavy atom. The lowest BCUT2D eigenvalue weighted by molar-refractivity contribution is -0.0517. The van der Waals surface area contributed by atoms with E-state index in [9.17, 15) is 0 Å². The summed E-state index contributed by atoms with van der Waals surface area (Å²) in [5, 5.41) is 3.40. The van der Waals surface area contributed by atoms with Gasteiger partial charge in [0.1, 0.15) is 0 Å². The van der Waals surface area contributed by atoms with Gasteiger partial charge in [0.15, 0.2) is 0 Å². The maximum atomic E-state index is 5.93. The average Bonchev–Trinajstić information content (AvgIpc) is 2.81. The van der Waals surface area contributed by atoms with Crippen molar-refractivity contribution < 1.29 is 0 Å². The van der Waals surface area contributed by atoms with E-state index in [1.807, 2.05) is 0 Å². The molecule has 1 unspecified atom stereocenters. The fourth-order valence-electron chi connectivity index (χ4n) is 5.62. The van der Waals surface area contributed by atoms with Crippen molar-refractivity contribution in [1.82, 2.24) is 10.4 Å². The average molecular weight is 291 g/mol. The van der Waals surface area contributed by atoms with Gasteiger partial charge in [0.2, 0.25) is 0 Å². The van der Waals surface area contributed by atoms with Gasteiger partial charge < -0.3 is 0 Å². The van der Waals surface area contributed by atoms with Crippen molar-refractivity contribution in [3.63, 3.8) is 0 Å². The van der Waals surface area contributed by atoms with E-state index in [4.69, 9.17) is 5.84 Å². The van der Waals surface area contributed by atoms with Crippen LogP contribution in [-0.4, -0.2) is 11.0 Å². The van der Waals surface area contributed by atoms with Gasteiger partial charge in [-0.2, -0.15) is 0 Å². The molecule has 4 saturated carbocycles. The minimum absolute atomic E-state index is 0.426. The van der Waals surface area contributed by atoms with Crippen LogP contribution in [0, 0.1) is 36.5 Å². The van der Waals surface area contributed by atoms with Crippen LogP contribution < -0.4 is 11.3 Å². The third-order valence-electron chi connectivity index (χ3n) is 6.04. The molecule has 1 heterocycles. The first kappa shape index (κ1) is 13.2. The van der Waals surface area contributed by atoms with Crippen molar-refractivity contribution in [3.05, 3.63) is 16.1 Å². The molecule has 0 aliphatic heterocycles. The standard InChI is InChI=1S/C16H25N3S/c1-9-8-20-15(18-9)7-14(19-17)16-12-3-10-2-11(5-12)6-13(16)4-10/h8,10-14,16,19H,2-7,17H2,1H3. The highest BCUT2D eigenvalue weighted by atomic mass is 32.1.